The molecule has 0 fully saturated rings. The smallest absolute Gasteiger partial charge is 0.324 e. The highest BCUT2D eigenvalue weighted by Crippen LogP contribution is 2.34. The van der Waals surface area contributed by atoms with Crippen molar-refractivity contribution in [3.8, 4) is 0 Å². The summed E-state index contributed by atoms with van der Waals surface area (Å²) in [4.78, 5) is 17.2. The number of aliphatic carboxylic acids is 1. The van der Waals surface area contributed by atoms with Crippen LogP contribution in [0.1, 0.15) is 36.6 Å². The molecular weight excluding hydrogens is 353 g/mol. The molecule has 0 heterocycles. The highest BCUT2D eigenvalue weighted by molar-refractivity contribution is 7.85. The zero-order chi connectivity index (χ0) is 16.9. The van der Waals surface area contributed by atoms with E-state index in [2.05, 4.69) is 4.52 Å². The van der Waals surface area contributed by atoms with Gasteiger partial charge in [0.05, 0.1) is 6.26 Å². The Kier molecular flexibility index (Phi) is 56.7. The van der Waals surface area contributed by atoms with Crippen molar-refractivity contribution in [2.24, 2.45) is 0 Å². The Morgan fingerprint density at radius 2 is 1.17 bits per heavy atom. The molecule has 0 bridgehead atoms. The van der Waals surface area contributed by atoms with E-state index < -0.39 is 23.7 Å². The van der Waals surface area contributed by atoms with Gasteiger partial charge in [0.25, 0.3) is 16.1 Å². The van der Waals surface area contributed by atoms with E-state index >= 15 is 0 Å². The van der Waals surface area contributed by atoms with Gasteiger partial charge in [-0.25, -0.2) is 0 Å². The Morgan fingerprint density at radius 1 is 1.13 bits per heavy atom. The van der Waals surface area contributed by atoms with Crippen molar-refractivity contribution in [3.05, 3.63) is 0 Å². The van der Waals surface area contributed by atoms with Crippen molar-refractivity contribution < 1.29 is 42.1 Å². The van der Waals surface area contributed by atoms with Crippen LogP contribution in [0.4, 0.5) is 0 Å². The number of hydrogen-bond donors (Lipinski definition) is 4. The van der Waals surface area contributed by atoms with Gasteiger partial charge < -0.3 is 19.7 Å². The minimum Gasteiger partial charge on any atom is -0.481 e. The maximum atomic E-state index is 9.92. The van der Waals surface area contributed by atoms with Crippen LogP contribution in [0, 0.1) is 0 Å². The van der Waals surface area contributed by atoms with Gasteiger partial charge >= 0.3 is 7.60 Å². The van der Waals surface area contributed by atoms with Crippen LogP contribution in [0.5, 0.6) is 0 Å². The summed E-state index contributed by atoms with van der Waals surface area (Å²) >= 11 is 0. The second-order valence-electron chi connectivity index (χ2n) is 3.08. The highest BCUT2D eigenvalue weighted by Gasteiger charge is 2.02. The lowest BCUT2D eigenvalue weighted by molar-refractivity contribution is -0.134. The van der Waals surface area contributed by atoms with Crippen LogP contribution in [0.25, 0.3) is 0 Å². The van der Waals surface area contributed by atoms with E-state index in [0.29, 0.717) is 6.26 Å². The van der Waals surface area contributed by atoms with Gasteiger partial charge in [-0.2, -0.15) is 13.5 Å². The molecule has 4 N–H and O–H groups in total. The third kappa shape index (κ3) is 1350. The molecule has 0 aromatic heterocycles. The number of hydroxylamine groups is 2. The molecule has 0 amide bonds. The van der Waals surface area contributed by atoms with Gasteiger partial charge in [-0.05, 0) is 0 Å². The van der Waals surface area contributed by atoms with Crippen LogP contribution in [-0.4, -0.2) is 73.3 Å². The lowest BCUT2D eigenvalue weighted by atomic mass is 10.9. The van der Waals surface area contributed by atoms with Gasteiger partial charge in [-0.1, -0.05) is 29.7 Å². The van der Waals surface area contributed by atoms with Gasteiger partial charge in [0.15, 0.2) is 0 Å². The largest absolute Gasteiger partial charge is 0.481 e. The summed E-state index contributed by atoms with van der Waals surface area (Å²) in [6.07, 6.45) is 0.715. The summed E-state index contributed by atoms with van der Waals surface area (Å²) in [5.74, 6) is -0.833. The molecular formula is C11H38NO9PS. The molecule has 10 nitrogen and oxygen atoms in total. The third-order valence-electron chi connectivity index (χ3n) is 0.339. The van der Waals surface area contributed by atoms with E-state index in [-0.39, 0.29) is 29.7 Å². The second-order valence-corrected chi connectivity index (χ2v) is 6.52. The SMILES string of the molecule is C.C.C.C.CC(=O)O.CN(C)O.COP(C)(=O)O.CS(=O)(=O)O. The molecule has 12 heteroatoms. The van der Waals surface area contributed by atoms with Gasteiger partial charge in [0.2, 0.25) is 0 Å². The van der Waals surface area contributed by atoms with Crippen LogP contribution in [0.15, 0.2) is 0 Å². The predicted molar refractivity (Wildman–Crippen MR) is 95.9 cm³/mol. The normalized spacial score (nSPS) is 10.3. The third-order valence-corrected chi connectivity index (χ3v) is 1.02. The molecule has 1 atom stereocenters. The van der Waals surface area contributed by atoms with Crippen molar-refractivity contribution in [1.82, 2.24) is 5.06 Å². The van der Waals surface area contributed by atoms with E-state index in [0.717, 1.165) is 18.7 Å². The number of carboxylic acids is 1. The zero-order valence-electron chi connectivity index (χ0n) is 11.6. The summed E-state index contributed by atoms with van der Waals surface area (Å²) in [7, 11) is -2.51. The summed E-state index contributed by atoms with van der Waals surface area (Å²) in [6.45, 7) is 2.22. The molecule has 0 saturated heterocycles. The Bertz CT molecular complexity index is 338. The zero-order valence-corrected chi connectivity index (χ0v) is 13.3. The Hall–Kier alpha value is -0.550. The molecule has 0 rings (SSSR count). The monoisotopic (exact) mass is 391 g/mol. The number of carbonyl (C=O) groups is 1. The van der Waals surface area contributed by atoms with E-state index in [9.17, 15) is 13.0 Å². The molecule has 23 heavy (non-hydrogen) atoms. The number of carboxylic acid groups (broad SMARTS) is 1. The van der Waals surface area contributed by atoms with Gasteiger partial charge in [0, 0.05) is 34.8 Å². The number of rotatable bonds is 1. The number of hydrogen-bond acceptors (Lipinski definition) is 7. The molecule has 0 aromatic rings. The fourth-order valence-electron chi connectivity index (χ4n) is 0. The molecule has 0 radical (unpaired) electrons. The van der Waals surface area contributed by atoms with Crippen LogP contribution in [0.3, 0.4) is 0 Å². The first kappa shape index (κ1) is 49.5. The molecule has 0 aliphatic carbocycles. The summed E-state index contributed by atoms with van der Waals surface area (Å²) in [5, 5.41) is 16.3. The van der Waals surface area contributed by atoms with E-state index in [1.807, 2.05) is 0 Å². The van der Waals surface area contributed by atoms with E-state index in [4.69, 9.17) is 24.6 Å². The molecule has 0 aliphatic heterocycles. The van der Waals surface area contributed by atoms with Crippen molar-refractivity contribution >= 4 is 23.7 Å². The van der Waals surface area contributed by atoms with Crippen LogP contribution < -0.4 is 0 Å². The standard InChI is InChI=1S/C2H7NO.C2H7O3P.C2H4O2.CH4O3S.4CH4/c1-3(2)4;1-5-6(2,3)4;1-2(3)4;1-5(2,3)4;;;;/h4H,1-2H3;1-2H3,(H,3,4);1H3,(H,3,4);1H3,(H,2,3,4);4*1H4. The van der Waals surface area contributed by atoms with E-state index in [1.165, 1.54) is 7.11 Å². The minimum atomic E-state index is -3.67. The predicted octanol–water partition coefficient (Wildman–Crippen LogP) is 2.52. The number of nitrogens with zero attached hydrogens (tertiary/aromatic N) is 1. The van der Waals surface area contributed by atoms with E-state index in [1.54, 1.807) is 14.1 Å². The van der Waals surface area contributed by atoms with Crippen molar-refractivity contribution in [1.29, 1.82) is 0 Å². The van der Waals surface area contributed by atoms with Gasteiger partial charge in [0.1, 0.15) is 0 Å². The Morgan fingerprint density at radius 3 is 1.17 bits per heavy atom. The average molecular weight is 391 g/mol. The first-order valence-electron chi connectivity index (χ1n) is 4.37. The fourth-order valence-corrected chi connectivity index (χ4v) is 0. The Balaban J connectivity index is -0.0000000208. The van der Waals surface area contributed by atoms with Gasteiger partial charge in [-0.15, -0.1) is 0 Å². The quantitative estimate of drug-likeness (QED) is 0.297. The van der Waals surface area contributed by atoms with Crippen LogP contribution >= 0.6 is 7.60 Å². The van der Waals surface area contributed by atoms with Gasteiger partial charge in [-0.3, -0.25) is 13.9 Å². The molecule has 152 valence electrons. The minimum absolute atomic E-state index is 0. The molecule has 1 unspecified atom stereocenters. The maximum absolute atomic E-state index is 9.92. The Labute approximate surface area is 142 Å². The molecule has 0 spiro atoms. The fraction of sp³-hybridized carbons (Fsp3) is 0.909. The first-order valence-corrected chi connectivity index (χ1v) is 8.24. The first-order chi connectivity index (χ1) is 8.02. The lowest BCUT2D eigenvalue weighted by Gasteiger charge is -1.96. The molecule has 0 saturated carbocycles. The average Bonchev–Trinajstić information content (AvgIpc) is 1.96. The summed E-state index contributed by atoms with van der Waals surface area (Å²) in [6, 6.07) is 0. The molecule has 0 aromatic carbocycles. The summed E-state index contributed by atoms with van der Waals surface area (Å²) < 4.78 is 39.8. The van der Waals surface area contributed by atoms with Crippen LogP contribution in [0.2, 0.25) is 0 Å². The van der Waals surface area contributed by atoms with Crippen LogP contribution in [-0.2, 0) is 24.0 Å². The second kappa shape index (κ2) is 26.4. The van der Waals surface area contributed by atoms with Crippen molar-refractivity contribution in [2.75, 3.05) is 34.1 Å². The summed E-state index contributed by atoms with van der Waals surface area (Å²) in [5.41, 5.74) is 0. The highest BCUT2D eigenvalue weighted by atomic mass is 32.2. The topological polar surface area (TPSA) is 162 Å². The van der Waals surface area contributed by atoms with Crippen molar-refractivity contribution in [3.63, 3.8) is 0 Å². The molecule has 0 aliphatic rings. The lowest BCUT2D eigenvalue weighted by Crippen LogP contribution is -2.01. The van der Waals surface area contributed by atoms with Crippen molar-refractivity contribution in [2.45, 2.75) is 36.6 Å². The maximum Gasteiger partial charge on any atom is 0.324 e.